The van der Waals surface area contributed by atoms with Crippen LogP contribution in [0.2, 0.25) is 0 Å². The zero-order valence-electron chi connectivity index (χ0n) is 11.0. The lowest BCUT2D eigenvalue weighted by Gasteiger charge is -2.15. The maximum Gasteiger partial charge on any atom is 0.327 e. The summed E-state index contributed by atoms with van der Waals surface area (Å²) in [5.74, 6) is -0.463. The molecule has 1 aromatic carbocycles. The fourth-order valence-corrected chi connectivity index (χ4v) is 1.58. The molecule has 1 amide bonds. The van der Waals surface area contributed by atoms with Crippen molar-refractivity contribution in [2.45, 2.75) is 19.9 Å². The van der Waals surface area contributed by atoms with Gasteiger partial charge in [0, 0.05) is 18.3 Å². The summed E-state index contributed by atoms with van der Waals surface area (Å²) in [5.41, 5.74) is 2.29. The summed E-state index contributed by atoms with van der Waals surface area (Å²) in [4.78, 5) is 22.7. The monoisotopic (exact) mass is 250 g/mol. The van der Waals surface area contributed by atoms with Gasteiger partial charge in [-0.1, -0.05) is 0 Å². The molecule has 0 heterocycles. The van der Waals surface area contributed by atoms with Crippen molar-refractivity contribution in [2.75, 3.05) is 19.5 Å². The Bertz CT molecular complexity index is 458. The molecular formula is C13H18N2O3. The summed E-state index contributed by atoms with van der Waals surface area (Å²) >= 11 is 0. The van der Waals surface area contributed by atoms with Crippen molar-refractivity contribution < 1.29 is 14.3 Å². The van der Waals surface area contributed by atoms with E-state index < -0.39 is 6.04 Å². The van der Waals surface area contributed by atoms with Crippen LogP contribution in [0.15, 0.2) is 18.2 Å². The van der Waals surface area contributed by atoms with E-state index in [0.717, 1.165) is 11.3 Å². The largest absolute Gasteiger partial charge is 0.467 e. The molecular weight excluding hydrogens is 232 g/mol. The highest BCUT2D eigenvalue weighted by Gasteiger charge is 2.14. The molecule has 0 spiro atoms. The van der Waals surface area contributed by atoms with Gasteiger partial charge in [-0.05, 0) is 37.6 Å². The van der Waals surface area contributed by atoms with Crippen LogP contribution in [0.5, 0.6) is 0 Å². The van der Waals surface area contributed by atoms with Crippen molar-refractivity contribution in [3.63, 3.8) is 0 Å². The van der Waals surface area contributed by atoms with Gasteiger partial charge in [0.05, 0.1) is 7.11 Å². The van der Waals surface area contributed by atoms with E-state index >= 15 is 0 Å². The SMILES string of the molecule is CNC(=O)c1ccc(NC(C)C(=O)OC)c(C)c1. The average molecular weight is 250 g/mol. The Hall–Kier alpha value is -2.04. The van der Waals surface area contributed by atoms with Crippen LogP contribution in [0.25, 0.3) is 0 Å². The summed E-state index contributed by atoms with van der Waals surface area (Å²) in [6, 6.07) is 4.82. The Morgan fingerprint density at radius 3 is 2.50 bits per heavy atom. The number of ether oxygens (including phenoxy) is 1. The Morgan fingerprint density at radius 1 is 1.33 bits per heavy atom. The van der Waals surface area contributed by atoms with Crippen LogP contribution in [0.4, 0.5) is 5.69 Å². The Labute approximate surface area is 107 Å². The molecule has 1 rings (SSSR count). The molecule has 0 saturated carbocycles. The third-order valence-corrected chi connectivity index (χ3v) is 2.64. The molecule has 18 heavy (non-hydrogen) atoms. The number of amides is 1. The van der Waals surface area contributed by atoms with Crippen LogP contribution in [0, 0.1) is 6.92 Å². The van der Waals surface area contributed by atoms with Crippen molar-refractivity contribution in [3.8, 4) is 0 Å². The van der Waals surface area contributed by atoms with E-state index in [1.54, 1.807) is 32.2 Å². The van der Waals surface area contributed by atoms with E-state index in [1.807, 2.05) is 6.92 Å². The van der Waals surface area contributed by atoms with E-state index in [1.165, 1.54) is 7.11 Å². The molecule has 98 valence electrons. The van der Waals surface area contributed by atoms with Crippen molar-refractivity contribution >= 4 is 17.6 Å². The number of benzene rings is 1. The van der Waals surface area contributed by atoms with E-state index in [9.17, 15) is 9.59 Å². The lowest BCUT2D eigenvalue weighted by atomic mass is 10.1. The molecule has 1 atom stereocenters. The number of hydrogen-bond acceptors (Lipinski definition) is 4. The fraction of sp³-hybridized carbons (Fsp3) is 0.385. The predicted molar refractivity (Wildman–Crippen MR) is 69.7 cm³/mol. The number of anilines is 1. The van der Waals surface area contributed by atoms with Gasteiger partial charge in [-0.2, -0.15) is 0 Å². The first-order chi connectivity index (χ1) is 8.49. The molecule has 0 aliphatic heterocycles. The van der Waals surface area contributed by atoms with E-state index in [0.29, 0.717) is 5.56 Å². The van der Waals surface area contributed by atoms with Crippen LogP contribution in [0.1, 0.15) is 22.8 Å². The molecule has 0 radical (unpaired) electrons. The number of esters is 1. The topological polar surface area (TPSA) is 67.4 Å². The minimum Gasteiger partial charge on any atom is -0.467 e. The van der Waals surface area contributed by atoms with Gasteiger partial charge in [0.15, 0.2) is 0 Å². The zero-order chi connectivity index (χ0) is 13.7. The zero-order valence-corrected chi connectivity index (χ0v) is 11.0. The van der Waals surface area contributed by atoms with Gasteiger partial charge in [0.1, 0.15) is 6.04 Å². The van der Waals surface area contributed by atoms with Crippen LogP contribution >= 0.6 is 0 Å². The molecule has 1 unspecified atom stereocenters. The second-order valence-corrected chi connectivity index (χ2v) is 4.00. The number of aryl methyl sites for hydroxylation is 1. The van der Waals surface area contributed by atoms with Crippen LogP contribution in [-0.4, -0.2) is 32.1 Å². The third kappa shape index (κ3) is 3.23. The molecule has 0 aliphatic rings. The summed E-state index contributed by atoms with van der Waals surface area (Å²) in [6.45, 7) is 3.59. The summed E-state index contributed by atoms with van der Waals surface area (Å²) in [5, 5.41) is 5.60. The second kappa shape index (κ2) is 6.05. The van der Waals surface area contributed by atoms with Gasteiger partial charge >= 0.3 is 5.97 Å². The lowest BCUT2D eigenvalue weighted by molar-refractivity contribution is -0.141. The second-order valence-electron chi connectivity index (χ2n) is 4.00. The first-order valence-corrected chi connectivity index (χ1v) is 5.66. The number of hydrogen-bond donors (Lipinski definition) is 2. The summed E-state index contributed by atoms with van der Waals surface area (Å²) in [6.07, 6.45) is 0. The Balaban J connectivity index is 2.86. The number of nitrogens with one attached hydrogen (secondary N) is 2. The smallest absolute Gasteiger partial charge is 0.327 e. The molecule has 0 aliphatic carbocycles. The molecule has 5 nitrogen and oxygen atoms in total. The Kier molecular flexibility index (Phi) is 4.71. The quantitative estimate of drug-likeness (QED) is 0.791. The first kappa shape index (κ1) is 14.0. The summed E-state index contributed by atoms with van der Waals surface area (Å²) in [7, 11) is 2.94. The third-order valence-electron chi connectivity index (χ3n) is 2.64. The highest BCUT2D eigenvalue weighted by molar-refractivity contribution is 5.94. The first-order valence-electron chi connectivity index (χ1n) is 5.66. The van der Waals surface area contributed by atoms with Gasteiger partial charge < -0.3 is 15.4 Å². The number of carbonyl (C=O) groups is 2. The Morgan fingerprint density at radius 2 is 2.00 bits per heavy atom. The van der Waals surface area contributed by atoms with Gasteiger partial charge in [-0.25, -0.2) is 4.79 Å². The minimum atomic E-state index is -0.431. The van der Waals surface area contributed by atoms with Gasteiger partial charge in [-0.3, -0.25) is 4.79 Å². The van der Waals surface area contributed by atoms with E-state index in [4.69, 9.17) is 0 Å². The van der Waals surface area contributed by atoms with Crippen molar-refractivity contribution in [3.05, 3.63) is 29.3 Å². The molecule has 2 N–H and O–H groups in total. The molecule has 0 aromatic heterocycles. The maximum absolute atomic E-state index is 11.4. The maximum atomic E-state index is 11.4. The van der Waals surface area contributed by atoms with E-state index in [2.05, 4.69) is 15.4 Å². The van der Waals surface area contributed by atoms with Crippen molar-refractivity contribution in [1.29, 1.82) is 0 Å². The molecule has 1 aromatic rings. The number of methoxy groups -OCH3 is 1. The molecule has 0 saturated heterocycles. The lowest BCUT2D eigenvalue weighted by Crippen LogP contribution is -2.27. The van der Waals surface area contributed by atoms with Crippen LogP contribution < -0.4 is 10.6 Å². The normalized spacial score (nSPS) is 11.6. The van der Waals surface area contributed by atoms with Gasteiger partial charge in [0.2, 0.25) is 0 Å². The number of rotatable bonds is 4. The van der Waals surface area contributed by atoms with Crippen molar-refractivity contribution in [2.24, 2.45) is 0 Å². The van der Waals surface area contributed by atoms with Gasteiger partial charge in [-0.15, -0.1) is 0 Å². The minimum absolute atomic E-state index is 0.134. The van der Waals surface area contributed by atoms with E-state index in [-0.39, 0.29) is 11.9 Å². The van der Waals surface area contributed by atoms with Crippen molar-refractivity contribution in [1.82, 2.24) is 5.32 Å². The summed E-state index contributed by atoms with van der Waals surface area (Å²) < 4.78 is 4.64. The van der Waals surface area contributed by atoms with Crippen LogP contribution in [0.3, 0.4) is 0 Å². The molecule has 0 bridgehead atoms. The highest BCUT2D eigenvalue weighted by atomic mass is 16.5. The molecule has 5 heteroatoms. The predicted octanol–water partition coefficient (Wildman–Crippen LogP) is 1.33. The average Bonchev–Trinajstić information content (AvgIpc) is 2.38. The molecule has 0 fully saturated rings. The van der Waals surface area contributed by atoms with Gasteiger partial charge in [0.25, 0.3) is 5.91 Å². The number of carbonyl (C=O) groups excluding carboxylic acids is 2. The van der Waals surface area contributed by atoms with Crippen LogP contribution in [-0.2, 0) is 9.53 Å². The standard InChI is InChI=1S/C13H18N2O3/c1-8-7-10(12(16)14-3)5-6-11(8)15-9(2)13(17)18-4/h5-7,9,15H,1-4H3,(H,14,16). The highest BCUT2D eigenvalue weighted by Crippen LogP contribution is 2.17. The fourth-order valence-electron chi connectivity index (χ4n) is 1.58.